The predicted molar refractivity (Wildman–Crippen MR) is 124 cm³/mol. The smallest absolute Gasteiger partial charge is 0.261 e. The fraction of sp³-hybridized carbons (Fsp3) is 0.304. The lowest BCUT2D eigenvalue weighted by Gasteiger charge is -2.45. The minimum absolute atomic E-state index is 0.224. The van der Waals surface area contributed by atoms with Crippen LogP contribution in [0, 0.1) is 11.7 Å². The number of benzene rings is 2. The quantitative estimate of drug-likeness (QED) is 0.403. The minimum Gasteiger partial charge on any atom is -0.379 e. The van der Waals surface area contributed by atoms with Crippen molar-refractivity contribution >= 4 is 43.6 Å². The first-order chi connectivity index (χ1) is 15.0. The summed E-state index contributed by atoms with van der Waals surface area (Å²) in [4.78, 5) is 26.5. The standard InChI is InChI=1S/C23H21BrFN5O/c24-13-1-3-16-15(9-13)21(26-19-11-30-7-5-12(19)6-8-30)20(23(31)29-16)22-27-17-4-2-14(25)10-18(17)28-22/h1-4,9-10,12,19H,5-8,11H2,(H,27,28)(H2,26,29,31)/t19-/m1/s1. The number of piperidine rings is 3. The zero-order valence-corrected chi connectivity index (χ0v) is 18.3. The molecule has 3 aliphatic heterocycles. The Hall–Kier alpha value is -2.71. The lowest BCUT2D eigenvalue weighted by atomic mass is 9.83. The molecule has 3 fully saturated rings. The van der Waals surface area contributed by atoms with Crippen molar-refractivity contribution in [2.45, 2.75) is 18.9 Å². The molecule has 0 radical (unpaired) electrons. The Bertz CT molecular complexity index is 1370. The Morgan fingerprint density at radius 1 is 1.10 bits per heavy atom. The molecule has 31 heavy (non-hydrogen) atoms. The third kappa shape index (κ3) is 3.25. The van der Waals surface area contributed by atoms with E-state index >= 15 is 0 Å². The van der Waals surface area contributed by atoms with Crippen molar-refractivity contribution < 1.29 is 4.39 Å². The van der Waals surface area contributed by atoms with Crippen LogP contribution in [0.4, 0.5) is 10.1 Å². The van der Waals surface area contributed by atoms with E-state index in [2.05, 4.69) is 41.1 Å². The lowest BCUT2D eigenvalue weighted by Crippen LogP contribution is -2.53. The van der Waals surface area contributed by atoms with Crippen LogP contribution in [0.5, 0.6) is 0 Å². The van der Waals surface area contributed by atoms with E-state index in [1.54, 1.807) is 6.07 Å². The summed E-state index contributed by atoms with van der Waals surface area (Å²) >= 11 is 3.57. The van der Waals surface area contributed by atoms with Gasteiger partial charge in [0.15, 0.2) is 0 Å². The number of fused-ring (bicyclic) bond motifs is 5. The molecule has 0 aliphatic carbocycles. The number of aromatic nitrogens is 3. The Morgan fingerprint density at radius 2 is 1.94 bits per heavy atom. The SMILES string of the molecule is O=c1[nH]c2ccc(Br)cc2c(N[C@@H]2CN3CCC2CC3)c1-c1nc2ccc(F)cc2[nH]1. The average molecular weight is 482 g/mol. The highest BCUT2D eigenvalue weighted by molar-refractivity contribution is 9.10. The van der Waals surface area contributed by atoms with Gasteiger partial charge in [-0.2, -0.15) is 0 Å². The summed E-state index contributed by atoms with van der Waals surface area (Å²) < 4.78 is 14.6. The van der Waals surface area contributed by atoms with Crippen LogP contribution >= 0.6 is 15.9 Å². The highest BCUT2D eigenvalue weighted by Crippen LogP contribution is 2.36. The molecule has 0 unspecified atom stereocenters. The maximum Gasteiger partial charge on any atom is 0.261 e. The van der Waals surface area contributed by atoms with Gasteiger partial charge >= 0.3 is 0 Å². The van der Waals surface area contributed by atoms with Crippen LogP contribution in [0.3, 0.4) is 0 Å². The summed E-state index contributed by atoms with van der Waals surface area (Å²) in [5, 5.41) is 4.65. The van der Waals surface area contributed by atoms with E-state index in [9.17, 15) is 9.18 Å². The van der Waals surface area contributed by atoms with Crippen LogP contribution in [0.15, 0.2) is 45.7 Å². The van der Waals surface area contributed by atoms with Gasteiger partial charge in [-0.1, -0.05) is 15.9 Å². The molecular weight excluding hydrogens is 461 g/mol. The van der Waals surface area contributed by atoms with E-state index < -0.39 is 0 Å². The molecule has 2 bridgehead atoms. The lowest BCUT2D eigenvalue weighted by molar-refractivity contribution is 0.0976. The number of aromatic amines is 2. The third-order valence-corrected chi connectivity index (χ3v) is 7.14. The number of H-pyrrole nitrogens is 2. The summed E-state index contributed by atoms with van der Waals surface area (Å²) in [5.41, 5.74) is 2.97. The highest BCUT2D eigenvalue weighted by atomic mass is 79.9. The second-order valence-electron chi connectivity index (χ2n) is 8.53. The van der Waals surface area contributed by atoms with Gasteiger partial charge in [-0.05, 0) is 68.2 Å². The number of pyridine rings is 1. The molecule has 7 rings (SSSR count). The van der Waals surface area contributed by atoms with Crippen molar-refractivity contribution in [3.05, 3.63) is 57.0 Å². The molecule has 4 aromatic rings. The van der Waals surface area contributed by atoms with Gasteiger partial charge in [-0.25, -0.2) is 9.37 Å². The second kappa shape index (κ2) is 7.17. The fourth-order valence-corrected chi connectivity index (χ4v) is 5.42. The monoisotopic (exact) mass is 481 g/mol. The molecule has 6 nitrogen and oxygen atoms in total. The molecule has 0 amide bonds. The van der Waals surface area contributed by atoms with Gasteiger partial charge in [0, 0.05) is 22.4 Å². The summed E-state index contributed by atoms with van der Waals surface area (Å²) in [6.45, 7) is 3.26. The van der Waals surface area contributed by atoms with Crippen molar-refractivity contribution in [3.8, 4) is 11.4 Å². The van der Waals surface area contributed by atoms with E-state index in [0.717, 1.165) is 40.7 Å². The Kier molecular flexibility index (Phi) is 4.40. The van der Waals surface area contributed by atoms with E-state index in [-0.39, 0.29) is 17.4 Å². The number of hydrogen-bond acceptors (Lipinski definition) is 4. The van der Waals surface area contributed by atoms with Crippen LogP contribution in [-0.2, 0) is 0 Å². The first kappa shape index (κ1) is 19.0. The third-order valence-electron chi connectivity index (χ3n) is 6.64. The molecule has 1 atom stereocenters. The number of anilines is 1. The van der Waals surface area contributed by atoms with Crippen molar-refractivity contribution in [2.75, 3.05) is 25.0 Å². The van der Waals surface area contributed by atoms with Crippen molar-refractivity contribution in [1.82, 2.24) is 19.9 Å². The van der Waals surface area contributed by atoms with Gasteiger partial charge in [0.05, 0.1) is 22.2 Å². The summed E-state index contributed by atoms with van der Waals surface area (Å²) in [5.74, 6) is 0.682. The largest absolute Gasteiger partial charge is 0.379 e. The molecule has 158 valence electrons. The normalized spacial score (nSPS) is 23.0. The van der Waals surface area contributed by atoms with E-state index in [4.69, 9.17) is 0 Å². The van der Waals surface area contributed by atoms with Crippen LogP contribution in [0.1, 0.15) is 12.8 Å². The number of rotatable bonds is 3. The van der Waals surface area contributed by atoms with Gasteiger partial charge in [0.1, 0.15) is 17.2 Å². The number of halogens is 2. The first-order valence-corrected chi connectivity index (χ1v) is 11.3. The molecule has 0 spiro atoms. The van der Waals surface area contributed by atoms with Crippen LogP contribution in [0.25, 0.3) is 33.3 Å². The molecule has 3 aliphatic rings. The second-order valence-corrected chi connectivity index (χ2v) is 9.45. The maximum atomic E-state index is 13.7. The van der Waals surface area contributed by atoms with Gasteiger partial charge in [-0.3, -0.25) is 4.79 Å². The molecule has 8 heteroatoms. The summed E-state index contributed by atoms with van der Waals surface area (Å²) in [6, 6.07) is 10.5. The Labute approximate surface area is 186 Å². The molecule has 2 aromatic carbocycles. The summed E-state index contributed by atoms with van der Waals surface area (Å²) in [6.07, 6.45) is 2.34. The van der Waals surface area contributed by atoms with Crippen LogP contribution in [-0.4, -0.2) is 45.5 Å². The molecular formula is C23H21BrFN5O. The van der Waals surface area contributed by atoms with Crippen LogP contribution < -0.4 is 10.9 Å². The number of nitrogens with one attached hydrogen (secondary N) is 3. The zero-order valence-electron chi connectivity index (χ0n) is 16.7. The van der Waals surface area contributed by atoms with Crippen molar-refractivity contribution in [1.29, 1.82) is 0 Å². The van der Waals surface area contributed by atoms with Crippen molar-refractivity contribution in [2.24, 2.45) is 5.92 Å². The highest BCUT2D eigenvalue weighted by Gasteiger charge is 2.35. The topological polar surface area (TPSA) is 76.8 Å². The molecule has 2 aromatic heterocycles. The van der Waals surface area contributed by atoms with Gasteiger partial charge < -0.3 is 20.2 Å². The number of nitrogens with zero attached hydrogens (tertiary/aromatic N) is 2. The number of hydrogen-bond donors (Lipinski definition) is 3. The van der Waals surface area contributed by atoms with E-state index in [1.807, 2.05) is 18.2 Å². The summed E-state index contributed by atoms with van der Waals surface area (Å²) in [7, 11) is 0. The Morgan fingerprint density at radius 3 is 2.71 bits per heavy atom. The molecule has 0 saturated carbocycles. The van der Waals surface area contributed by atoms with Crippen molar-refractivity contribution in [3.63, 3.8) is 0 Å². The molecule has 3 saturated heterocycles. The predicted octanol–water partition coefficient (Wildman–Crippen LogP) is 4.48. The average Bonchev–Trinajstić information content (AvgIpc) is 3.17. The van der Waals surface area contributed by atoms with E-state index in [0.29, 0.717) is 28.3 Å². The minimum atomic E-state index is -0.343. The Balaban J connectivity index is 1.56. The first-order valence-electron chi connectivity index (χ1n) is 10.6. The maximum absolute atomic E-state index is 13.7. The zero-order chi connectivity index (χ0) is 21.1. The fourth-order valence-electron chi connectivity index (χ4n) is 5.06. The molecule has 3 N–H and O–H groups in total. The van der Waals surface area contributed by atoms with Crippen LogP contribution in [0.2, 0.25) is 0 Å². The van der Waals surface area contributed by atoms with Gasteiger partial charge in [0.25, 0.3) is 5.56 Å². The van der Waals surface area contributed by atoms with Gasteiger partial charge in [0.2, 0.25) is 0 Å². The van der Waals surface area contributed by atoms with Gasteiger partial charge in [-0.15, -0.1) is 0 Å². The van der Waals surface area contributed by atoms with E-state index in [1.165, 1.54) is 25.0 Å². The number of imidazole rings is 1. The molecule has 5 heterocycles.